The Morgan fingerprint density at radius 2 is 1.87 bits per heavy atom. The normalized spacial score (nSPS) is 34.1. The Kier molecular flexibility index (Phi) is 7.18. The maximum Gasteiger partial charge on any atom is 0.313 e. The number of carbonyl (C=O) groups is 3. The molecule has 4 aliphatic rings. The zero-order valence-corrected chi connectivity index (χ0v) is 22.8. The van der Waals surface area contributed by atoms with Gasteiger partial charge in [-0.15, -0.1) is 0 Å². The van der Waals surface area contributed by atoms with Gasteiger partial charge < -0.3 is 24.4 Å². The summed E-state index contributed by atoms with van der Waals surface area (Å²) in [6, 6.07) is 5.33. The monoisotopic (exact) mass is 542 g/mol. The predicted molar refractivity (Wildman–Crippen MR) is 142 cm³/mol. The molecule has 204 valence electrons. The summed E-state index contributed by atoms with van der Waals surface area (Å²) >= 11 is 6.52. The molecule has 0 aliphatic carbocycles. The predicted octanol–water partition coefficient (Wildman–Crippen LogP) is 3.51. The van der Waals surface area contributed by atoms with Gasteiger partial charge >= 0.3 is 5.97 Å². The summed E-state index contributed by atoms with van der Waals surface area (Å²) < 4.78 is 12.5. The number of rotatable bonds is 6. The molecule has 2 saturated heterocycles. The molecular weight excluding hydrogens is 508 g/mol. The summed E-state index contributed by atoms with van der Waals surface area (Å²) in [5.41, 5.74) is -1.99. The van der Waals surface area contributed by atoms with Crippen LogP contribution in [0.2, 0.25) is 5.02 Å². The number of para-hydroxylation sites is 1. The summed E-state index contributed by atoms with van der Waals surface area (Å²) in [6.45, 7) is 5.95. The SMILES string of the molecule is CC[C@H](C)[C@H](CO)N1C(=O)[C@@H]2[C@@H]3C(=O)OCCC=C[C@]3(CC)O[C@@]23C=CCN(c2ccccc2Cl)C(=O)C13. The number of aliphatic hydroxyl groups excluding tert-OH is 1. The van der Waals surface area contributed by atoms with Crippen LogP contribution in [0.5, 0.6) is 0 Å². The second-order valence-electron chi connectivity index (χ2n) is 10.7. The molecule has 2 amide bonds. The molecule has 4 heterocycles. The number of carbonyl (C=O) groups excluding carboxylic acids is 3. The number of amides is 2. The minimum atomic E-state index is -1.42. The lowest BCUT2D eigenvalue weighted by Gasteiger charge is -2.42. The topological polar surface area (TPSA) is 96.4 Å². The summed E-state index contributed by atoms with van der Waals surface area (Å²) in [6.07, 6.45) is 9.07. The quantitative estimate of drug-likeness (QED) is 0.436. The van der Waals surface area contributed by atoms with Crippen LogP contribution in [0.1, 0.15) is 40.0 Å². The van der Waals surface area contributed by atoms with Crippen LogP contribution in [0, 0.1) is 17.8 Å². The van der Waals surface area contributed by atoms with Gasteiger partial charge in [-0.3, -0.25) is 14.4 Å². The van der Waals surface area contributed by atoms with Crippen LogP contribution in [0.25, 0.3) is 0 Å². The zero-order valence-electron chi connectivity index (χ0n) is 22.0. The van der Waals surface area contributed by atoms with E-state index in [1.54, 1.807) is 35.2 Å². The third-order valence-corrected chi connectivity index (χ3v) is 9.15. The molecule has 2 fully saturated rings. The van der Waals surface area contributed by atoms with E-state index in [1.807, 2.05) is 39.0 Å². The minimum absolute atomic E-state index is 0.103. The first kappa shape index (κ1) is 26.9. The Morgan fingerprint density at radius 3 is 2.55 bits per heavy atom. The van der Waals surface area contributed by atoms with Crippen molar-refractivity contribution in [1.82, 2.24) is 4.90 Å². The van der Waals surface area contributed by atoms with Gasteiger partial charge in [-0.05, 0) is 30.9 Å². The molecule has 7 atom stereocenters. The maximum absolute atomic E-state index is 14.6. The molecule has 1 unspecified atom stereocenters. The van der Waals surface area contributed by atoms with E-state index in [0.717, 1.165) is 0 Å². The molecule has 8 nitrogen and oxygen atoms in total. The number of esters is 1. The Labute approximate surface area is 228 Å². The van der Waals surface area contributed by atoms with Crippen molar-refractivity contribution < 1.29 is 29.0 Å². The van der Waals surface area contributed by atoms with E-state index in [4.69, 9.17) is 21.1 Å². The van der Waals surface area contributed by atoms with Crippen molar-refractivity contribution in [3.63, 3.8) is 0 Å². The van der Waals surface area contributed by atoms with Gasteiger partial charge in [-0.2, -0.15) is 0 Å². The zero-order chi connectivity index (χ0) is 27.2. The molecule has 4 aliphatic heterocycles. The Hall–Kier alpha value is -2.68. The standard InChI is InChI=1S/C29H35ClN2O6/c1-4-18(3)21(17-33)32-24-26(35)31(20-12-7-6-11-19(20)30)15-10-14-29(24)22(25(32)34)23-27(36)37-16-9-8-13-28(23,5-2)38-29/h6-8,10-14,18,21-24,33H,4-5,9,15-17H2,1-3H3/t18-,21-,22-,23+,24?,28-,29-/m0/s1. The number of fused-ring (bicyclic) bond motifs is 2. The second-order valence-corrected chi connectivity index (χ2v) is 11.1. The summed E-state index contributed by atoms with van der Waals surface area (Å²) in [7, 11) is 0. The smallest absolute Gasteiger partial charge is 0.313 e. The van der Waals surface area contributed by atoms with Crippen molar-refractivity contribution in [2.45, 2.75) is 63.3 Å². The van der Waals surface area contributed by atoms with E-state index in [9.17, 15) is 19.5 Å². The van der Waals surface area contributed by atoms with Crippen molar-refractivity contribution in [2.75, 3.05) is 24.7 Å². The highest BCUT2D eigenvalue weighted by molar-refractivity contribution is 6.34. The van der Waals surface area contributed by atoms with E-state index in [0.29, 0.717) is 30.0 Å². The number of benzene rings is 1. The second kappa shape index (κ2) is 10.1. The number of hydrogen-bond acceptors (Lipinski definition) is 6. The van der Waals surface area contributed by atoms with E-state index in [2.05, 4.69) is 0 Å². The summed E-state index contributed by atoms with van der Waals surface area (Å²) in [5, 5.41) is 10.9. The number of aliphatic hydroxyl groups is 1. The van der Waals surface area contributed by atoms with E-state index < -0.39 is 41.1 Å². The van der Waals surface area contributed by atoms with Crippen molar-refractivity contribution in [3.8, 4) is 0 Å². The van der Waals surface area contributed by atoms with Crippen molar-refractivity contribution in [1.29, 1.82) is 0 Å². The third kappa shape index (κ3) is 3.83. The molecule has 1 aromatic rings. The van der Waals surface area contributed by atoms with Crippen LogP contribution < -0.4 is 4.90 Å². The van der Waals surface area contributed by atoms with Crippen LogP contribution in [-0.2, 0) is 23.9 Å². The Morgan fingerprint density at radius 1 is 1.11 bits per heavy atom. The molecule has 0 radical (unpaired) electrons. The number of hydrogen-bond donors (Lipinski definition) is 1. The lowest BCUT2D eigenvalue weighted by molar-refractivity contribution is -0.162. The van der Waals surface area contributed by atoms with Crippen molar-refractivity contribution in [3.05, 3.63) is 53.6 Å². The maximum atomic E-state index is 14.6. The van der Waals surface area contributed by atoms with Crippen LogP contribution in [0.4, 0.5) is 5.69 Å². The van der Waals surface area contributed by atoms with Gasteiger partial charge in [0.15, 0.2) is 0 Å². The molecule has 0 aromatic heterocycles. The fourth-order valence-corrected chi connectivity index (χ4v) is 6.96. The molecule has 1 spiro atoms. The van der Waals surface area contributed by atoms with E-state index in [-0.39, 0.29) is 37.5 Å². The van der Waals surface area contributed by atoms with Gasteiger partial charge in [0.05, 0.1) is 35.9 Å². The lowest BCUT2D eigenvalue weighted by Crippen LogP contribution is -2.60. The number of nitrogens with zero attached hydrogens (tertiary/aromatic N) is 2. The minimum Gasteiger partial charge on any atom is -0.465 e. The van der Waals surface area contributed by atoms with Gasteiger partial charge in [0.1, 0.15) is 23.2 Å². The highest BCUT2D eigenvalue weighted by Gasteiger charge is 2.76. The third-order valence-electron chi connectivity index (χ3n) is 8.83. The van der Waals surface area contributed by atoms with E-state index >= 15 is 0 Å². The Bertz CT molecular complexity index is 1190. The molecule has 0 saturated carbocycles. The molecule has 1 N–H and O–H groups in total. The molecule has 5 rings (SSSR count). The number of cyclic esters (lactones) is 1. The largest absolute Gasteiger partial charge is 0.465 e. The van der Waals surface area contributed by atoms with Crippen LogP contribution in [-0.4, -0.2) is 70.8 Å². The number of likely N-dealkylation sites (tertiary alicyclic amines) is 1. The average molecular weight is 543 g/mol. The first-order valence-corrected chi connectivity index (χ1v) is 13.8. The highest BCUT2D eigenvalue weighted by Crippen LogP contribution is 2.59. The van der Waals surface area contributed by atoms with E-state index in [1.165, 1.54) is 4.90 Å². The fraction of sp³-hybridized carbons (Fsp3) is 0.552. The number of ether oxygens (including phenoxy) is 2. The fourth-order valence-electron chi connectivity index (χ4n) is 6.73. The van der Waals surface area contributed by atoms with Gasteiger partial charge in [0.25, 0.3) is 5.91 Å². The Balaban J connectivity index is 1.72. The summed E-state index contributed by atoms with van der Waals surface area (Å²) in [4.78, 5) is 45.6. The van der Waals surface area contributed by atoms with Crippen LogP contribution >= 0.6 is 11.6 Å². The van der Waals surface area contributed by atoms with Gasteiger partial charge in [-0.1, -0.05) is 75.2 Å². The molecule has 1 aromatic carbocycles. The molecule has 38 heavy (non-hydrogen) atoms. The number of halogens is 1. The lowest BCUT2D eigenvalue weighted by atomic mass is 9.73. The molecular formula is C29H35ClN2O6. The average Bonchev–Trinajstić information content (AvgIpc) is 3.25. The van der Waals surface area contributed by atoms with Crippen molar-refractivity contribution >= 4 is 35.1 Å². The molecule has 9 heteroatoms. The van der Waals surface area contributed by atoms with Gasteiger partial charge in [-0.25, -0.2) is 0 Å². The molecule has 0 bridgehead atoms. The first-order valence-electron chi connectivity index (χ1n) is 13.5. The van der Waals surface area contributed by atoms with Crippen LogP contribution in [0.15, 0.2) is 48.6 Å². The summed E-state index contributed by atoms with van der Waals surface area (Å²) in [5.74, 6) is -3.24. The highest BCUT2D eigenvalue weighted by atomic mass is 35.5. The van der Waals surface area contributed by atoms with Gasteiger partial charge in [0.2, 0.25) is 5.91 Å². The first-order chi connectivity index (χ1) is 18.3. The van der Waals surface area contributed by atoms with Crippen molar-refractivity contribution in [2.24, 2.45) is 17.8 Å². The van der Waals surface area contributed by atoms with Crippen LogP contribution in [0.3, 0.4) is 0 Å². The van der Waals surface area contributed by atoms with Gasteiger partial charge in [0, 0.05) is 6.54 Å². The number of anilines is 1.